The van der Waals surface area contributed by atoms with E-state index in [1.54, 1.807) is 0 Å². The highest BCUT2D eigenvalue weighted by Crippen LogP contribution is 2.20. The van der Waals surface area contributed by atoms with Crippen LogP contribution in [0.1, 0.15) is 61.9 Å². The van der Waals surface area contributed by atoms with Gasteiger partial charge < -0.3 is 15.0 Å². The zero-order valence-electron chi connectivity index (χ0n) is 13.7. The van der Waals surface area contributed by atoms with Crippen molar-refractivity contribution in [1.29, 1.82) is 0 Å². The number of carboxylic acids is 1. The van der Waals surface area contributed by atoms with E-state index in [0.29, 0.717) is 12.0 Å². The Balaban J connectivity index is 2.98. The van der Waals surface area contributed by atoms with Crippen molar-refractivity contribution in [3.8, 4) is 0 Å². The molecule has 0 spiro atoms. The Hall–Kier alpha value is -1.78. The molecule has 1 aromatic heterocycles. The molecule has 0 radical (unpaired) electrons. The molecule has 2 N–H and O–H groups in total. The number of rotatable bonds is 6. The molecule has 0 aliphatic carbocycles. The minimum Gasteiger partial charge on any atom is -0.480 e. The standard InChI is InChI=1S/C16H26N2O3/c1-9(2)7-14(16(20)21)17-15(19)13-8-11(5)18(10(3)4)12(13)6/h8-10,14H,7H2,1-6H3,(H,17,19)(H,20,21)/t14-/m0/s1. The fourth-order valence-corrected chi connectivity index (χ4v) is 2.73. The summed E-state index contributed by atoms with van der Waals surface area (Å²) in [4.78, 5) is 23.6. The van der Waals surface area contributed by atoms with Crippen LogP contribution >= 0.6 is 0 Å². The Morgan fingerprint density at radius 1 is 1.24 bits per heavy atom. The third-order valence-corrected chi connectivity index (χ3v) is 3.56. The second-order valence-electron chi connectivity index (χ2n) is 6.24. The van der Waals surface area contributed by atoms with Crippen LogP contribution in [0.5, 0.6) is 0 Å². The summed E-state index contributed by atoms with van der Waals surface area (Å²) in [7, 11) is 0. The van der Waals surface area contributed by atoms with Crippen molar-refractivity contribution in [2.75, 3.05) is 0 Å². The predicted octanol–water partition coefficient (Wildman–Crippen LogP) is 2.91. The van der Waals surface area contributed by atoms with Gasteiger partial charge in [-0.25, -0.2) is 4.79 Å². The number of hydrogen-bond donors (Lipinski definition) is 2. The van der Waals surface area contributed by atoms with Gasteiger partial charge in [-0.1, -0.05) is 13.8 Å². The highest BCUT2D eigenvalue weighted by atomic mass is 16.4. The lowest BCUT2D eigenvalue weighted by Gasteiger charge is -2.17. The first kappa shape index (κ1) is 17.3. The lowest BCUT2D eigenvalue weighted by Crippen LogP contribution is -2.41. The van der Waals surface area contributed by atoms with Gasteiger partial charge in [0.2, 0.25) is 0 Å². The van der Waals surface area contributed by atoms with Gasteiger partial charge in [0.05, 0.1) is 5.56 Å². The second-order valence-corrected chi connectivity index (χ2v) is 6.24. The van der Waals surface area contributed by atoms with Crippen molar-refractivity contribution in [3.63, 3.8) is 0 Å². The molecule has 1 amide bonds. The minimum atomic E-state index is -0.991. The summed E-state index contributed by atoms with van der Waals surface area (Å²) in [6, 6.07) is 1.23. The zero-order chi connectivity index (χ0) is 16.3. The van der Waals surface area contributed by atoms with E-state index < -0.39 is 12.0 Å². The Morgan fingerprint density at radius 2 is 1.81 bits per heavy atom. The monoisotopic (exact) mass is 294 g/mol. The maximum absolute atomic E-state index is 12.4. The van der Waals surface area contributed by atoms with E-state index in [9.17, 15) is 14.7 Å². The van der Waals surface area contributed by atoms with E-state index in [2.05, 4.69) is 23.7 Å². The average molecular weight is 294 g/mol. The zero-order valence-corrected chi connectivity index (χ0v) is 13.7. The summed E-state index contributed by atoms with van der Waals surface area (Å²) in [5.41, 5.74) is 2.42. The Kier molecular flexibility index (Phi) is 5.58. The van der Waals surface area contributed by atoms with Crippen molar-refractivity contribution in [3.05, 3.63) is 23.0 Å². The van der Waals surface area contributed by atoms with Gasteiger partial charge in [0.15, 0.2) is 0 Å². The van der Waals surface area contributed by atoms with Gasteiger partial charge in [0.1, 0.15) is 6.04 Å². The van der Waals surface area contributed by atoms with Crippen LogP contribution in [0, 0.1) is 19.8 Å². The third kappa shape index (κ3) is 4.09. The molecular weight excluding hydrogens is 268 g/mol. The molecule has 0 aromatic carbocycles. The van der Waals surface area contributed by atoms with E-state index in [0.717, 1.165) is 11.4 Å². The number of aromatic nitrogens is 1. The van der Waals surface area contributed by atoms with Crippen LogP contribution in [0.15, 0.2) is 6.07 Å². The van der Waals surface area contributed by atoms with E-state index >= 15 is 0 Å². The molecule has 1 atom stereocenters. The first-order chi connectivity index (χ1) is 9.65. The number of aryl methyl sites for hydroxylation is 1. The van der Waals surface area contributed by atoms with Crippen molar-refractivity contribution in [2.24, 2.45) is 5.92 Å². The van der Waals surface area contributed by atoms with Crippen molar-refractivity contribution in [1.82, 2.24) is 9.88 Å². The van der Waals surface area contributed by atoms with Gasteiger partial charge in [0.25, 0.3) is 5.91 Å². The molecule has 0 bridgehead atoms. The summed E-state index contributed by atoms with van der Waals surface area (Å²) in [6.07, 6.45) is 0.421. The van der Waals surface area contributed by atoms with Crippen molar-refractivity contribution in [2.45, 2.75) is 60.0 Å². The Bertz CT molecular complexity index is 530. The number of carbonyl (C=O) groups excluding carboxylic acids is 1. The molecule has 21 heavy (non-hydrogen) atoms. The molecular formula is C16H26N2O3. The topological polar surface area (TPSA) is 71.3 Å². The van der Waals surface area contributed by atoms with Crippen LogP contribution < -0.4 is 5.32 Å². The number of aliphatic carboxylic acids is 1. The highest BCUT2D eigenvalue weighted by Gasteiger charge is 2.24. The van der Waals surface area contributed by atoms with Gasteiger partial charge in [0, 0.05) is 17.4 Å². The van der Waals surface area contributed by atoms with E-state index in [4.69, 9.17) is 0 Å². The van der Waals surface area contributed by atoms with Gasteiger partial charge in [-0.3, -0.25) is 4.79 Å². The normalized spacial score (nSPS) is 12.8. The molecule has 1 aromatic rings. The van der Waals surface area contributed by atoms with Gasteiger partial charge in [-0.15, -0.1) is 0 Å². The van der Waals surface area contributed by atoms with E-state index in [1.165, 1.54) is 0 Å². The van der Waals surface area contributed by atoms with Crippen molar-refractivity contribution < 1.29 is 14.7 Å². The fourth-order valence-electron chi connectivity index (χ4n) is 2.73. The Morgan fingerprint density at radius 3 is 2.19 bits per heavy atom. The lowest BCUT2D eigenvalue weighted by molar-refractivity contribution is -0.139. The molecule has 118 valence electrons. The number of carboxylic acid groups (broad SMARTS) is 1. The number of amides is 1. The summed E-state index contributed by atoms with van der Waals surface area (Å²) in [6.45, 7) is 11.8. The molecule has 0 aliphatic rings. The Labute approximate surface area is 126 Å². The predicted molar refractivity (Wildman–Crippen MR) is 82.6 cm³/mol. The molecule has 0 saturated carbocycles. The summed E-state index contributed by atoms with van der Waals surface area (Å²) in [5.74, 6) is -1.10. The average Bonchev–Trinajstić information content (AvgIpc) is 2.63. The first-order valence-electron chi connectivity index (χ1n) is 7.37. The molecule has 5 heteroatoms. The molecule has 0 saturated heterocycles. The fraction of sp³-hybridized carbons (Fsp3) is 0.625. The van der Waals surface area contributed by atoms with Gasteiger partial charge in [-0.05, 0) is 46.1 Å². The molecule has 1 rings (SSSR count). The number of hydrogen-bond acceptors (Lipinski definition) is 2. The minimum absolute atomic E-state index is 0.203. The summed E-state index contributed by atoms with van der Waals surface area (Å²) in [5, 5.41) is 11.8. The maximum atomic E-state index is 12.4. The highest BCUT2D eigenvalue weighted by molar-refractivity contribution is 5.97. The van der Waals surface area contributed by atoms with Crippen LogP contribution in [-0.2, 0) is 4.79 Å². The maximum Gasteiger partial charge on any atom is 0.326 e. The van der Waals surface area contributed by atoms with E-state index in [-0.39, 0.29) is 17.9 Å². The first-order valence-corrected chi connectivity index (χ1v) is 7.37. The molecule has 0 fully saturated rings. The van der Waals surface area contributed by atoms with Gasteiger partial charge >= 0.3 is 5.97 Å². The van der Waals surface area contributed by atoms with Crippen LogP contribution in [-0.4, -0.2) is 27.6 Å². The van der Waals surface area contributed by atoms with E-state index in [1.807, 2.05) is 33.8 Å². The number of nitrogens with one attached hydrogen (secondary N) is 1. The van der Waals surface area contributed by atoms with Crippen LogP contribution in [0.3, 0.4) is 0 Å². The molecule has 0 unspecified atom stereocenters. The second kappa shape index (κ2) is 6.78. The molecule has 0 aliphatic heterocycles. The quantitative estimate of drug-likeness (QED) is 0.847. The van der Waals surface area contributed by atoms with Crippen molar-refractivity contribution >= 4 is 11.9 Å². The number of nitrogens with zero attached hydrogens (tertiary/aromatic N) is 1. The third-order valence-electron chi connectivity index (χ3n) is 3.56. The lowest BCUT2D eigenvalue weighted by atomic mass is 10.0. The SMILES string of the molecule is Cc1cc(C(=O)N[C@@H](CC(C)C)C(=O)O)c(C)n1C(C)C. The molecule has 5 nitrogen and oxygen atoms in total. The summed E-state index contributed by atoms with van der Waals surface area (Å²) >= 11 is 0. The van der Waals surface area contributed by atoms with Crippen LogP contribution in [0.2, 0.25) is 0 Å². The molecule has 1 heterocycles. The largest absolute Gasteiger partial charge is 0.480 e. The van der Waals surface area contributed by atoms with Crippen LogP contribution in [0.4, 0.5) is 0 Å². The smallest absolute Gasteiger partial charge is 0.326 e. The van der Waals surface area contributed by atoms with Gasteiger partial charge in [-0.2, -0.15) is 0 Å². The number of carbonyl (C=O) groups is 2. The summed E-state index contributed by atoms with van der Waals surface area (Å²) < 4.78 is 2.08. The van der Waals surface area contributed by atoms with Crippen LogP contribution in [0.25, 0.3) is 0 Å².